The number of hydrogen-bond acceptors (Lipinski definition) is 6. The molecular formula is C22H24N6O. The van der Waals surface area contributed by atoms with Gasteiger partial charge in [0.25, 0.3) is 0 Å². The lowest BCUT2D eigenvalue weighted by molar-refractivity contribution is -0.132. The highest BCUT2D eigenvalue weighted by atomic mass is 16.2. The van der Waals surface area contributed by atoms with E-state index >= 15 is 0 Å². The first-order valence-corrected chi connectivity index (χ1v) is 9.84. The fourth-order valence-electron chi connectivity index (χ4n) is 3.71. The van der Waals surface area contributed by atoms with Crippen molar-refractivity contribution in [3.05, 3.63) is 60.9 Å². The summed E-state index contributed by atoms with van der Waals surface area (Å²) < 4.78 is 0. The van der Waals surface area contributed by atoms with Gasteiger partial charge in [0.1, 0.15) is 11.6 Å². The zero-order valence-electron chi connectivity index (χ0n) is 16.6. The molecule has 1 saturated heterocycles. The number of amides is 1. The van der Waals surface area contributed by atoms with Crippen LogP contribution >= 0.6 is 0 Å². The molecular weight excluding hydrogens is 364 g/mol. The molecule has 1 N–H and O–H groups in total. The predicted molar refractivity (Wildman–Crippen MR) is 112 cm³/mol. The molecule has 7 heteroatoms. The molecule has 0 spiro atoms. The summed E-state index contributed by atoms with van der Waals surface area (Å²) in [7, 11) is 0. The van der Waals surface area contributed by atoms with Crippen LogP contribution in [0.25, 0.3) is 11.3 Å². The quantitative estimate of drug-likeness (QED) is 0.732. The lowest BCUT2D eigenvalue weighted by atomic mass is 9.92. The Morgan fingerprint density at radius 3 is 2.66 bits per heavy atom. The van der Waals surface area contributed by atoms with E-state index in [2.05, 4.69) is 22.2 Å². The molecule has 148 valence electrons. The average Bonchev–Trinajstić information content (AvgIpc) is 2.75. The van der Waals surface area contributed by atoms with E-state index in [-0.39, 0.29) is 17.9 Å². The predicted octanol–water partition coefficient (Wildman–Crippen LogP) is 3.79. The Labute approximate surface area is 170 Å². The molecule has 4 heterocycles. The smallest absolute Gasteiger partial charge is 0.219 e. The van der Waals surface area contributed by atoms with Gasteiger partial charge in [0.2, 0.25) is 5.91 Å². The summed E-state index contributed by atoms with van der Waals surface area (Å²) >= 11 is 0. The highest BCUT2D eigenvalue weighted by Gasteiger charge is 2.30. The topological polar surface area (TPSA) is 83.9 Å². The molecule has 1 aliphatic heterocycles. The third-order valence-electron chi connectivity index (χ3n) is 5.31. The fraction of sp³-hybridized carbons (Fsp3) is 0.318. The number of anilines is 2. The summed E-state index contributed by atoms with van der Waals surface area (Å²) in [5, 5.41) is 3.34. The summed E-state index contributed by atoms with van der Waals surface area (Å²) in [6, 6.07) is 9.85. The van der Waals surface area contributed by atoms with Crippen LogP contribution in [0.4, 0.5) is 11.5 Å². The molecule has 29 heavy (non-hydrogen) atoms. The van der Waals surface area contributed by atoms with Crippen molar-refractivity contribution in [1.82, 2.24) is 24.8 Å². The normalized spacial score (nSPS) is 19.0. The highest BCUT2D eigenvalue weighted by molar-refractivity contribution is 5.73. The van der Waals surface area contributed by atoms with E-state index in [1.807, 2.05) is 35.2 Å². The lowest BCUT2D eigenvalue weighted by Gasteiger charge is -2.37. The van der Waals surface area contributed by atoms with Crippen molar-refractivity contribution in [2.45, 2.75) is 38.6 Å². The van der Waals surface area contributed by atoms with E-state index in [1.54, 1.807) is 31.7 Å². The van der Waals surface area contributed by atoms with Gasteiger partial charge in [-0.2, -0.15) is 0 Å². The maximum absolute atomic E-state index is 12.0. The Hall–Kier alpha value is -3.35. The number of nitrogens with one attached hydrogen (secondary N) is 1. The highest BCUT2D eigenvalue weighted by Crippen LogP contribution is 2.31. The number of piperidine rings is 1. The molecule has 1 aliphatic rings. The molecule has 1 amide bonds. The van der Waals surface area contributed by atoms with E-state index in [0.29, 0.717) is 12.4 Å². The fourth-order valence-corrected chi connectivity index (χ4v) is 3.71. The molecule has 2 atom stereocenters. The van der Waals surface area contributed by atoms with Crippen LogP contribution < -0.4 is 5.32 Å². The second-order valence-electron chi connectivity index (χ2n) is 7.39. The van der Waals surface area contributed by atoms with E-state index < -0.39 is 0 Å². The molecule has 0 unspecified atom stereocenters. The molecule has 3 aromatic heterocycles. The van der Waals surface area contributed by atoms with Gasteiger partial charge < -0.3 is 10.2 Å². The Kier molecular flexibility index (Phi) is 5.46. The Morgan fingerprint density at radius 1 is 1.10 bits per heavy atom. The second kappa shape index (κ2) is 8.34. The number of rotatable bonds is 4. The third-order valence-corrected chi connectivity index (χ3v) is 5.31. The van der Waals surface area contributed by atoms with Crippen molar-refractivity contribution in [2.24, 2.45) is 0 Å². The number of hydrogen-bond donors (Lipinski definition) is 1. The molecule has 0 aliphatic carbocycles. The largest absolute Gasteiger partial charge is 0.340 e. The van der Waals surface area contributed by atoms with Crippen LogP contribution in [0.1, 0.15) is 38.4 Å². The van der Waals surface area contributed by atoms with E-state index in [1.165, 1.54) is 0 Å². The van der Waals surface area contributed by atoms with Crippen molar-refractivity contribution in [3.8, 4) is 11.3 Å². The van der Waals surface area contributed by atoms with Crippen molar-refractivity contribution in [1.29, 1.82) is 0 Å². The van der Waals surface area contributed by atoms with Crippen LogP contribution in [0.15, 0.2) is 55.1 Å². The van der Waals surface area contributed by atoms with Crippen LogP contribution in [0.3, 0.4) is 0 Å². The molecule has 1 fully saturated rings. The number of likely N-dealkylation sites (tertiary alicyclic amines) is 1. The summed E-state index contributed by atoms with van der Waals surface area (Å²) in [6.45, 7) is 4.37. The summed E-state index contributed by atoms with van der Waals surface area (Å²) in [5.41, 5.74) is 2.65. The molecule has 0 saturated carbocycles. The minimum Gasteiger partial charge on any atom is -0.340 e. The first-order chi connectivity index (χ1) is 14.1. The van der Waals surface area contributed by atoms with Gasteiger partial charge >= 0.3 is 0 Å². The molecule has 0 bridgehead atoms. The van der Waals surface area contributed by atoms with Crippen LogP contribution in [0.5, 0.6) is 0 Å². The first-order valence-electron chi connectivity index (χ1n) is 9.84. The maximum atomic E-state index is 12.0. The first kappa shape index (κ1) is 19.0. The minimum atomic E-state index is 0.0979. The van der Waals surface area contributed by atoms with Crippen molar-refractivity contribution in [2.75, 3.05) is 11.9 Å². The zero-order valence-corrected chi connectivity index (χ0v) is 16.6. The van der Waals surface area contributed by atoms with Gasteiger partial charge in [-0.25, -0.2) is 9.97 Å². The number of aromatic nitrogens is 4. The summed E-state index contributed by atoms with van der Waals surface area (Å²) in [4.78, 5) is 31.9. The summed E-state index contributed by atoms with van der Waals surface area (Å²) in [6.07, 6.45) is 8.91. The number of carbonyl (C=O) groups is 1. The van der Waals surface area contributed by atoms with Gasteiger partial charge in [0.15, 0.2) is 0 Å². The van der Waals surface area contributed by atoms with Crippen LogP contribution in [0.2, 0.25) is 0 Å². The summed E-state index contributed by atoms with van der Waals surface area (Å²) in [5.74, 6) is 1.67. The van der Waals surface area contributed by atoms with Gasteiger partial charge in [-0.05, 0) is 44.0 Å². The van der Waals surface area contributed by atoms with Crippen LogP contribution in [-0.2, 0) is 4.79 Å². The van der Waals surface area contributed by atoms with Crippen LogP contribution in [-0.4, -0.2) is 43.3 Å². The Morgan fingerprint density at radius 2 is 1.93 bits per heavy atom. The van der Waals surface area contributed by atoms with Gasteiger partial charge in [0, 0.05) is 67.5 Å². The lowest BCUT2D eigenvalue weighted by Crippen LogP contribution is -2.44. The number of pyridine rings is 2. The van der Waals surface area contributed by atoms with Crippen molar-refractivity contribution >= 4 is 17.4 Å². The van der Waals surface area contributed by atoms with Gasteiger partial charge in [-0.1, -0.05) is 0 Å². The third kappa shape index (κ3) is 4.39. The van der Waals surface area contributed by atoms with Gasteiger partial charge in [-0.15, -0.1) is 0 Å². The van der Waals surface area contributed by atoms with E-state index in [4.69, 9.17) is 9.97 Å². The molecule has 7 nitrogen and oxygen atoms in total. The second-order valence-corrected chi connectivity index (χ2v) is 7.39. The molecule has 4 rings (SSSR count). The maximum Gasteiger partial charge on any atom is 0.219 e. The Bertz CT molecular complexity index is 979. The SMILES string of the molecule is CC(=O)N1C[C@@H](c2nc(Nc3ccncc3)cc(-c3cccnc3)n2)CC[C@H]1C. The molecule has 0 radical (unpaired) electrons. The minimum absolute atomic E-state index is 0.0979. The van der Waals surface area contributed by atoms with E-state index in [0.717, 1.165) is 35.6 Å². The van der Waals surface area contributed by atoms with E-state index in [9.17, 15) is 4.79 Å². The van der Waals surface area contributed by atoms with Crippen LogP contribution in [0, 0.1) is 0 Å². The van der Waals surface area contributed by atoms with Crippen molar-refractivity contribution in [3.63, 3.8) is 0 Å². The van der Waals surface area contributed by atoms with Gasteiger partial charge in [-0.3, -0.25) is 14.8 Å². The zero-order chi connectivity index (χ0) is 20.2. The number of carbonyl (C=O) groups excluding carboxylic acids is 1. The standard InChI is InChI=1S/C22H24N6O/c1-15-5-6-18(14-28(15)16(2)29)22-26-20(17-4-3-9-24-13-17)12-21(27-22)25-19-7-10-23-11-8-19/h3-4,7-13,15,18H,5-6,14H2,1-2H3,(H,23,25,26,27)/t15-,18+/m1/s1. The molecule has 3 aromatic rings. The van der Waals surface area contributed by atoms with Gasteiger partial charge in [0.05, 0.1) is 5.69 Å². The average molecular weight is 388 g/mol. The molecule has 0 aromatic carbocycles. The Balaban J connectivity index is 1.70. The number of nitrogens with zero attached hydrogens (tertiary/aromatic N) is 5. The van der Waals surface area contributed by atoms with Crippen molar-refractivity contribution < 1.29 is 4.79 Å². The monoisotopic (exact) mass is 388 g/mol.